The first kappa shape index (κ1) is 22.0. The number of thiazole rings is 1. The molecule has 2 saturated heterocycles. The molecule has 0 radical (unpaired) electrons. The van der Waals surface area contributed by atoms with Gasteiger partial charge in [0.15, 0.2) is 5.96 Å². The van der Waals surface area contributed by atoms with Gasteiger partial charge < -0.3 is 15.1 Å². The van der Waals surface area contributed by atoms with Gasteiger partial charge in [-0.15, -0.1) is 11.3 Å². The first-order valence-corrected chi connectivity index (χ1v) is 11.8. The Balaban J connectivity index is 1.42. The molecule has 29 heavy (non-hydrogen) atoms. The van der Waals surface area contributed by atoms with Crippen LogP contribution in [0.2, 0.25) is 0 Å². The van der Waals surface area contributed by atoms with Gasteiger partial charge in [-0.05, 0) is 12.8 Å². The number of hydrogen-bond acceptors (Lipinski definition) is 5. The predicted octanol–water partition coefficient (Wildman–Crippen LogP) is 2.36. The van der Waals surface area contributed by atoms with Gasteiger partial charge in [0, 0.05) is 57.6 Å². The molecule has 2 aliphatic rings. The largest absolute Gasteiger partial charge is 0.351 e. The van der Waals surface area contributed by atoms with Crippen LogP contribution in [0.4, 0.5) is 0 Å². The predicted molar refractivity (Wildman–Crippen MR) is 119 cm³/mol. The maximum atomic E-state index is 12.6. The average Bonchev–Trinajstić information content (AvgIpc) is 3.03. The Hall–Kier alpha value is -1.67. The lowest BCUT2D eigenvalue weighted by atomic mass is 10.2. The molecule has 1 amide bonds. The summed E-state index contributed by atoms with van der Waals surface area (Å²) < 4.78 is 0. The zero-order chi connectivity index (χ0) is 20.6. The van der Waals surface area contributed by atoms with Gasteiger partial charge in [-0.2, -0.15) is 0 Å². The van der Waals surface area contributed by atoms with Crippen molar-refractivity contribution in [2.75, 3.05) is 52.9 Å². The normalized spacial score (nSPS) is 19.5. The van der Waals surface area contributed by atoms with E-state index in [0.717, 1.165) is 63.8 Å². The van der Waals surface area contributed by atoms with E-state index in [4.69, 9.17) is 0 Å². The van der Waals surface area contributed by atoms with Crippen LogP contribution in [0.25, 0.3) is 0 Å². The van der Waals surface area contributed by atoms with Crippen LogP contribution in [0.15, 0.2) is 10.4 Å². The third kappa shape index (κ3) is 6.40. The number of likely N-dealkylation sites (tertiary alicyclic amines) is 1. The van der Waals surface area contributed by atoms with Crippen molar-refractivity contribution in [1.29, 1.82) is 0 Å². The first-order valence-electron chi connectivity index (χ1n) is 11.0. The van der Waals surface area contributed by atoms with Gasteiger partial charge in [-0.25, -0.2) is 4.98 Å². The van der Waals surface area contributed by atoms with Crippen LogP contribution >= 0.6 is 11.3 Å². The lowest BCUT2D eigenvalue weighted by molar-refractivity contribution is -0.132. The second-order valence-corrected chi connectivity index (χ2v) is 9.18. The summed E-state index contributed by atoms with van der Waals surface area (Å²) in [7, 11) is 1.83. The molecule has 0 aromatic carbocycles. The summed E-state index contributed by atoms with van der Waals surface area (Å²) in [4.78, 5) is 28.4. The molecule has 0 bridgehead atoms. The van der Waals surface area contributed by atoms with Crippen molar-refractivity contribution in [2.24, 2.45) is 4.99 Å². The van der Waals surface area contributed by atoms with Gasteiger partial charge in [-0.1, -0.05) is 26.7 Å². The van der Waals surface area contributed by atoms with Gasteiger partial charge in [0.05, 0.1) is 23.8 Å². The number of carbonyl (C=O) groups excluding carboxylic acids is 1. The van der Waals surface area contributed by atoms with Crippen molar-refractivity contribution in [2.45, 2.75) is 52.0 Å². The molecular weight excluding hydrogens is 384 g/mol. The van der Waals surface area contributed by atoms with E-state index in [-0.39, 0.29) is 0 Å². The summed E-state index contributed by atoms with van der Waals surface area (Å²) in [6.07, 6.45) is 4.82. The third-order valence-electron chi connectivity index (χ3n) is 5.69. The zero-order valence-corrected chi connectivity index (χ0v) is 19.0. The molecule has 8 heteroatoms. The molecule has 3 heterocycles. The molecule has 1 aromatic rings. The lowest BCUT2D eigenvalue weighted by Crippen LogP contribution is -2.54. The van der Waals surface area contributed by atoms with Gasteiger partial charge in [-0.3, -0.25) is 14.7 Å². The summed E-state index contributed by atoms with van der Waals surface area (Å²) in [6.45, 7) is 11.0. The quantitative estimate of drug-likeness (QED) is 0.585. The number of piperazine rings is 1. The third-order valence-corrected chi connectivity index (χ3v) is 6.89. The lowest BCUT2D eigenvalue weighted by Gasteiger charge is -2.36. The van der Waals surface area contributed by atoms with Gasteiger partial charge in [0.2, 0.25) is 5.91 Å². The molecule has 2 aliphatic heterocycles. The fourth-order valence-electron chi connectivity index (χ4n) is 3.90. The first-order chi connectivity index (χ1) is 14.1. The van der Waals surface area contributed by atoms with E-state index < -0.39 is 0 Å². The maximum Gasteiger partial charge on any atom is 0.236 e. The highest BCUT2D eigenvalue weighted by Gasteiger charge is 2.23. The zero-order valence-electron chi connectivity index (χ0n) is 18.2. The average molecular weight is 421 g/mol. The van der Waals surface area contributed by atoms with Crippen molar-refractivity contribution in [1.82, 2.24) is 25.0 Å². The van der Waals surface area contributed by atoms with E-state index >= 15 is 0 Å². The van der Waals surface area contributed by atoms with Crippen molar-refractivity contribution in [3.05, 3.63) is 16.1 Å². The van der Waals surface area contributed by atoms with Gasteiger partial charge in [0.1, 0.15) is 0 Å². The number of nitrogens with one attached hydrogen (secondary N) is 1. The van der Waals surface area contributed by atoms with Crippen LogP contribution in [0, 0.1) is 0 Å². The summed E-state index contributed by atoms with van der Waals surface area (Å²) in [6, 6.07) is 0. The van der Waals surface area contributed by atoms with Crippen LogP contribution in [0.5, 0.6) is 0 Å². The Morgan fingerprint density at radius 1 is 1.10 bits per heavy atom. The molecule has 162 valence electrons. The molecule has 1 N–H and O–H groups in total. The Morgan fingerprint density at radius 2 is 1.79 bits per heavy atom. The number of aromatic nitrogens is 1. The van der Waals surface area contributed by atoms with E-state index in [0.29, 0.717) is 24.9 Å². The van der Waals surface area contributed by atoms with Crippen molar-refractivity contribution in [3.8, 4) is 0 Å². The monoisotopic (exact) mass is 420 g/mol. The van der Waals surface area contributed by atoms with E-state index in [2.05, 4.69) is 49.2 Å². The van der Waals surface area contributed by atoms with Crippen LogP contribution < -0.4 is 5.32 Å². The minimum Gasteiger partial charge on any atom is -0.351 e. The van der Waals surface area contributed by atoms with Gasteiger partial charge >= 0.3 is 0 Å². The maximum absolute atomic E-state index is 12.6. The number of aliphatic imine (C=N–C) groups is 1. The van der Waals surface area contributed by atoms with Crippen molar-refractivity contribution in [3.63, 3.8) is 0 Å². The van der Waals surface area contributed by atoms with E-state index in [1.165, 1.54) is 17.8 Å². The Kier molecular flexibility index (Phi) is 8.29. The smallest absolute Gasteiger partial charge is 0.236 e. The molecule has 0 atom stereocenters. The topological polar surface area (TPSA) is 64.1 Å². The molecular formula is C21H36N6OS. The highest BCUT2D eigenvalue weighted by molar-refractivity contribution is 7.09. The fourth-order valence-corrected chi connectivity index (χ4v) is 4.74. The van der Waals surface area contributed by atoms with Crippen LogP contribution in [0.1, 0.15) is 56.2 Å². The van der Waals surface area contributed by atoms with Crippen LogP contribution in [0.3, 0.4) is 0 Å². The Labute approximate surface area is 179 Å². The minimum atomic E-state index is 0.298. The Morgan fingerprint density at radius 3 is 2.38 bits per heavy atom. The Bertz CT molecular complexity index is 672. The number of carbonyl (C=O) groups is 1. The highest BCUT2D eigenvalue weighted by atomic mass is 32.1. The molecule has 0 spiro atoms. The van der Waals surface area contributed by atoms with E-state index in [1.807, 2.05) is 7.05 Å². The summed E-state index contributed by atoms with van der Waals surface area (Å²) in [5, 5.41) is 6.76. The van der Waals surface area contributed by atoms with Crippen molar-refractivity contribution < 1.29 is 4.79 Å². The van der Waals surface area contributed by atoms with Crippen LogP contribution in [-0.2, 0) is 11.3 Å². The number of hydrogen-bond donors (Lipinski definition) is 1. The summed E-state index contributed by atoms with van der Waals surface area (Å²) in [5.74, 6) is 1.69. The van der Waals surface area contributed by atoms with Crippen LogP contribution in [-0.4, -0.2) is 84.4 Å². The summed E-state index contributed by atoms with van der Waals surface area (Å²) in [5.41, 5.74) is 1.07. The van der Waals surface area contributed by atoms with Crippen molar-refractivity contribution >= 4 is 23.2 Å². The number of guanidine groups is 1. The minimum absolute atomic E-state index is 0.298. The standard InChI is InChI=1S/C21H36N6OS/c1-17(2)20-24-18(16-29-20)14-23-21(22-3)27-12-10-25(11-13-27)15-19(28)26-8-6-4-5-7-9-26/h16-17H,4-15H2,1-3H3,(H,22,23). The molecule has 7 nitrogen and oxygen atoms in total. The number of amides is 1. The van der Waals surface area contributed by atoms with E-state index in [1.54, 1.807) is 11.3 Å². The molecule has 0 unspecified atom stereocenters. The SMILES string of the molecule is CN=C(NCc1csc(C(C)C)n1)N1CCN(CC(=O)N2CCCCCC2)CC1. The second-order valence-electron chi connectivity index (χ2n) is 8.29. The number of rotatable bonds is 5. The molecule has 3 rings (SSSR count). The molecule has 0 saturated carbocycles. The summed E-state index contributed by atoms with van der Waals surface area (Å²) >= 11 is 1.72. The fraction of sp³-hybridized carbons (Fsp3) is 0.762. The highest BCUT2D eigenvalue weighted by Crippen LogP contribution is 2.19. The van der Waals surface area contributed by atoms with E-state index in [9.17, 15) is 4.79 Å². The molecule has 0 aliphatic carbocycles. The molecule has 1 aromatic heterocycles. The molecule has 2 fully saturated rings. The number of nitrogens with zero attached hydrogens (tertiary/aromatic N) is 5. The second kappa shape index (κ2) is 10.9. The van der Waals surface area contributed by atoms with Gasteiger partial charge in [0.25, 0.3) is 0 Å².